The number of carbonyl (C=O) groups excluding carboxylic acids is 1. The van der Waals surface area contributed by atoms with Crippen LogP contribution in [-0.4, -0.2) is 25.6 Å². The maximum Gasteiger partial charge on any atom is 0.214 e. The molecule has 0 bridgehead atoms. The quantitative estimate of drug-likeness (QED) is 0.724. The van der Waals surface area contributed by atoms with Crippen LogP contribution in [0.25, 0.3) is 0 Å². The molecule has 1 aromatic rings. The van der Waals surface area contributed by atoms with E-state index in [-0.39, 0.29) is 13.5 Å². The summed E-state index contributed by atoms with van der Waals surface area (Å²) in [6.45, 7) is 5.40. The molecule has 1 atom stereocenters. The molecule has 0 heterocycles. The van der Waals surface area contributed by atoms with E-state index in [0.29, 0.717) is 12.5 Å². The Bertz CT molecular complexity index is 467. The van der Waals surface area contributed by atoms with Gasteiger partial charge in [0, 0.05) is 18.3 Å². The summed E-state index contributed by atoms with van der Waals surface area (Å²) in [5.74, 6) is 2.20. The molecule has 1 aromatic carbocycles. The van der Waals surface area contributed by atoms with Gasteiger partial charge in [0.2, 0.25) is 6.41 Å². The van der Waals surface area contributed by atoms with Gasteiger partial charge in [-0.1, -0.05) is 27.7 Å². The first-order valence-electron chi connectivity index (χ1n) is 8.96. The molecule has 24 heavy (non-hydrogen) atoms. The zero-order valence-electron chi connectivity index (χ0n) is 14.4. The van der Waals surface area contributed by atoms with Gasteiger partial charge >= 0.3 is 0 Å². The summed E-state index contributed by atoms with van der Waals surface area (Å²) in [7, 11) is 0. The predicted octanol–water partition coefficient (Wildman–Crippen LogP) is 4.23. The van der Waals surface area contributed by atoms with Gasteiger partial charge in [-0.25, -0.2) is 0 Å². The van der Waals surface area contributed by atoms with Crippen LogP contribution in [0.2, 0.25) is 0 Å². The molecule has 0 aromatic heterocycles. The van der Waals surface area contributed by atoms with Gasteiger partial charge < -0.3 is 15.4 Å². The lowest BCUT2D eigenvalue weighted by atomic mass is 9.86. The zero-order valence-corrected chi connectivity index (χ0v) is 14.4. The lowest BCUT2D eigenvalue weighted by Crippen LogP contribution is -2.38. The Morgan fingerprint density at radius 3 is 2.29 bits per heavy atom. The fourth-order valence-corrected chi connectivity index (χ4v) is 2.72. The van der Waals surface area contributed by atoms with Crippen molar-refractivity contribution in [1.82, 2.24) is 0 Å². The van der Waals surface area contributed by atoms with Crippen LogP contribution in [0.15, 0.2) is 24.3 Å². The maximum atomic E-state index is 11.3. The average Bonchev–Trinajstić information content (AvgIpc) is 3.38. The van der Waals surface area contributed by atoms with Crippen molar-refractivity contribution in [1.29, 1.82) is 0 Å². The number of hydrogen-bond donors (Lipinski definition) is 1. The van der Waals surface area contributed by atoms with Crippen LogP contribution in [0, 0.1) is 11.8 Å². The second kappa shape index (κ2) is 10.3. The van der Waals surface area contributed by atoms with E-state index >= 15 is 0 Å². The first-order valence-corrected chi connectivity index (χ1v) is 8.96. The van der Waals surface area contributed by atoms with Gasteiger partial charge in [-0.2, -0.15) is 0 Å². The van der Waals surface area contributed by atoms with E-state index in [9.17, 15) is 4.79 Å². The summed E-state index contributed by atoms with van der Waals surface area (Å²) in [6, 6.07) is 7.83. The summed E-state index contributed by atoms with van der Waals surface area (Å²) in [5, 5.41) is 0. The van der Waals surface area contributed by atoms with Crippen molar-refractivity contribution in [2.45, 2.75) is 59.4 Å². The molecule has 1 amide bonds. The molecule has 0 spiro atoms. The number of carbonyl (C=O) groups is 1. The summed E-state index contributed by atoms with van der Waals surface area (Å²) >= 11 is 0. The van der Waals surface area contributed by atoms with E-state index in [1.54, 1.807) is 4.90 Å². The summed E-state index contributed by atoms with van der Waals surface area (Å²) < 4.78 is 5.78. The lowest BCUT2D eigenvalue weighted by molar-refractivity contribution is -0.107. The third-order valence-electron chi connectivity index (χ3n) is 4.64. The highest BCUT2D eigenvalue weighted by Crippen LogP contribution is 2.32. The van der Waals surface area contributed by atoms with E-state index in [1.807, 2.05) is 38.1 Å². The van der Waals surface area contributed by atoms with Crippen LogP contribution in [-0.2, 0) is 4.79 Å². The molecule has 2 saturated carbocycles. The standard InChI is InChI=1S/C17H24N2O2.C2H6.CH4/c18-17(14-4-5-14)10-19(12-20)15-6-8-16(9-7-15)21-11-13-2-1-3-13;1-2;/h6-9,12-14,17H,1-5,10-11,18H2;1-2H3;1H4. The number of rotatable bonds is 8. The first kappa shape index (κ1) is 20.5. The Hall–Kier alpha value is -1.55. The fourth-order valence-electron chi connectivity index (χ4n) is 2.72. The van der Waals surface area contributed by atoms with Gasteiger partial charge in [-0.05, 0) is 61.8 Å². The number of amides is 1. The Labute approximate surface area is 147 Å². The van der Waals surface area contributed by atoms with Gasteiger partial charge in [0.15, 0.2) is 0 Å². The normalized spacial score (nSPS) is 17.5. The average molecular weight is 335 g/mol. The van der Waals surface area contributed by atoms with Crippen molar-refractivity contribution in [3.63, 3.8) is 0 Å². The number of anilines is 1. The van der Waals surface area contributed by atoms with Crippen molar-refractivity contribution in [3.8, 4) is 5.75 Å². The monoisotopic (exact) mass is 334 g/mol. The molecule has 1 unspecified atom stereocenters. The minimum atomic E-state index is 0. The van der Waals surface area contributed by atoms with E-state index in [0.717, 1.165) is 30.4 Å². The van der Waals surface area contributed by atoms with Gasteiger partial charge in [0.1, 0.15) is 5.75 Å². The van der Waals surface area contributed by atoms with Crippen molar-refractivity contribution < 1.29 is 9.53 Å². The molecule has 2 N–H and O–H groups in total. The van der Waals surface area contributed by atoms with E-state index in [2.05, 4.69) is 0 Å². The highest BCUT2D eigenvalue weighted by Gasteiger charge is 2.29. The van der Waals surface area contributed by atoms with E-state index < -0.39 is 0 Å². The SMILES string of the molecule is C.CC.NC(CN(C=O)c1ccc(OCC2CCC2)cc1)C1CC1. The van der Waals surface area contributed by atoms with Gasteiger partial charge in [0.25, 0.3) is 0 Å². The van der Waals surface area contributed by atoms with Crippen LogP contribution >= 0.6 is 0 Å². The lowest BCUT2D eigenvalue weighted by Gasteiger charge is -2.25. The Morgan fingerprint density at radius 1 is 1.21 bits per heavy atom. The topological polar surface area (TPSA) is 55.6 Å². The van der Waals surface area contributed by atoms with Crippen molar-refractivity contribution >= 4 is 12.1 Å². The predicted molar refractivity (Wildman–Crippen MR) is 101 cm³/mol. The minimum absolute atomic E-state index is 0. The van der Waals surface area contributed by atoms with Crippen LogP contribution in [0.4, 0.5) is 5.69 Å². The minimum Gasteiger partial charge on any atom is -0.493 e. The third kappa shape index (κ3) is 5.82. The van der Waals surface area contributed by atoms with Gasteiger partial charge in [-0.15, -0.1) is 0 Å². The molecule has 2 aliphatic carbocycles. The van der Waals surface area contributed by atoms with Crippen molar-refractivity contribution in [2.24, 2.45) is 17.6 Å². The summed E-state index contributed by atoms with van der Waals surface area (Å²) in [6.07, 6.45) is 7.17. The van der Waals surface area contributed by atoms with Crippen LogP contribution in [0.1, 0.15) is 53.4 Å². The largest absolute Gasteiger partial charge is 0.493 e. The molecule has 4 heteroatoms. The molecule has 3 rings (SSSR count). The molecule has 0 radical (unpaired) electrons. The van der Waals surface area contributed by atoms with Crippen LogP contribution in [0.5, 0.6) is 5.75 Å². The maximum absolute atomic E-state index is 11.3. The Kier molecular flexibility index (Phi) is 8.83. The first-order chi connectivity index (χ1) is 11.3. The van der Waals surface area contributed by atoms with Crippen molar-refractivity contribution in [3.05, 3.63) is 24.3 Å². The third-order valence-corrected chi connectivity index (χ3v) is 4.64. The van der Waals surface area contributed by atoms with Crippen molar-refractivity contribution in [2.75, 3.05) is 18.1 Å². The molecule has 2 fully saturated rings. The van der Waals surface area contributed by atoms with E-state index in [4.69, 9.17) is 10.5 Å². The van der Waals surface area contributed by atoms with E-state index in [1.165, 1.54) is 32.1 Å². The Morgan fingerprint density at radius 2 is 1.83 bits per heavy atom. The zero-order chi connectivity index (χ0) is 16.7. The van der Waals surface area contributed by atoms with Crippen LogP contribution in [0.3, 0.4) is 0 Å². The molecule has 0 saturated heterocycles. The number of ether oxygens (including phenoxy) is 1. The molecular formula is C20H34N2O2. The number of nitrogens with zero attached hydrogens (tertiary/aromatic N) is 1. The number of benzene rings is 1. The number of nitrogens with two attached hydrogens (primary N) is 1. The Balaban J connectivity index is 0.000000925. The summed E-state index contributed by atoms with van der Waals surface area (Å²) in [4.78, 5) is 13.0. The van der Waals surface area contributed by atoms with Crippen LogP contribution < -0.4 is 15.4 Å². The van der Waals surface area contributed by atoms with Gasteiger partial charge in [0.05, 0.1) is 6.61 Å². The van der Waals surface area contributed by atoms with Gasteiger partial charge in [-0.3, -0.25) is 4.79 Å². The second-order valence-corrected chi connectivity index (χ2v) is 6.36. The molecular weight excluding hydrogens is 300 g/mol. The molecule has 136 valence electrons. The highest BCUT2D eigenvalue weighted by molar-refractivity contribution is 5.75. The molecule has 0 aliphatic heterocycles. The molecule has 4 nitrogen and oxygen atoms in total. The smallest absolute Gasteiger partial charge is 0.214 e. The fraction of sp³-hybridized carbons (Fsp3) is 0.650. The molecule has 2 aliphatic rings. The summed E-state index contributed by atoms with van der Waals surface area (Å²) in [5.41, 5.74) is 6.99. The second-order valence-electron chi connectivity index (χ2n) is 6.36. The number of hydrogen-bond acceptors (Lipinski definition) is 3. The highest BCUT2D eigenvalue weighted by atomic mass is 16.5.